The Bertz CT molecular complexity index is 1050. The van der Waals surface area contributed by atoms with Gasteiger partial charge in [-0.25, -0.2) is 0 Å². The third kappa shape index (κ3) is 3.54. The third-order valence-corrected chi connectivity index (χ3v) is 6.12. The Kier molecular flexibility index (Phi) is 5.42. The van der Waals surface area contributed by atoms with Crippen LogP contribution < -0.4 is 5.43 Å². The molecule has 1 aliphatic rings. The fourth-order valence-electron chi connectivity index (χ4n) is 4.17. The van der Waals surface area contributed by atoms with Crippen molar-refractivity contribution in [1.29, 1.82) is 0 Å². The smallest absolute Gasteiger partial charge is 0.200 e. The topological polar surface area (TPSA) is 53.7 Å². The van der Waals surface area contributed by atoms with Gasteiger partial charge in [0.2, 0.25) is 5.43 Å². The highest BCUT2D eigenvalue weighted by molar-refractivity contribution is 6.33. The lowest BCUT2D eigenvalue weighted by Crippen LogP contribution is -2.33. The lowest BCUT2D eigenvalue weighted by molar-refractivity contribution is 0.183. The van der Waals surface area contributed by atoms with Gasteiger partial charge in [0.25, 0.3) is 0 Å². The Morgan fingerprint density at radius 2 is 1.86 bits per heavy atom. The molecule has 146 valence electrons. The molecule has 0 atom stereocenters. The molecule has 0 saturated heterocycles. The van der Waals surface area contributed by atoms with Gasteiger partial charge in [0.1, 0.15) is 17.6 Å². The normalized spacial score (nSPS) is 15.4. The molecule has 1 N–H and O–H groups in total. The molecule has 0 aliphatic heterocycles. The molecule has 0 unspecified atom stereocenters. The van der Waals surface area contributed by atoms with E-state index < -0.39 is 0 Å². The number of fused-ring (bicyclic) bond motifs is 1. The molecule has 1 saturated carbocycles. The van der Waals surface area contributed by atoms with E-state index in [1.54, 1.807) is 24.3 Å². The van der Waals surface area contributed by atoms with Gasteiger partial charge in [-0.05, 0) is 38.1 Å². The highest BCUT2D eigenvalue weighted by Crippen LogP contribution is 2.32. The molecule has 28 heavy (non-hydrogen) atoms. The van der Waals surface area contributed by atoms with Gasteiger partial charge in [-0.2, -0.15) is 0 Å². The zero-order chi connectivity index (χ0) is 19.7. The van der Waals surface area contributed by atoms with Crippen molar-refractivity contribution < 1.29 is 9.52 Å². The van der Waals surface area contributed by atoms with E-state index in [9.17, 15) is 9.90 Å². The minimum absolute atomic E-state index is 0.143. The molecule has 4 nitrogen and oxygen atoms in total. The maximum absolute atomic E-state index is 13.1. The van der Waals surface area contributed by atoms with Crippen LogP contribution in [0, 0.1) is 0 Å². The predicted molar refractivity (Wildman–Crippen MR) is 113 cm³/mol. The van der Waals surface area contributed by atoms with Gasteiger partial charge >= 0.3 is 0 Å². The monoisotopic (exact) mass is 397 g/mol. The number of phenolic OH excluding ortho intramolecular Hbond substituents is 1. The van der Waals surface area contributed by atoms with Crippen molar-refractivity contribution in [2.75, 3.05) is 7.05 Å². The first kappa shape index (κ1) is 19.0. The number of benzene rings is 2. The Hall–Kier alpha value is -2.30. The van der Waals surface area contributed by atoms with Gasteiger partial charge in [-0.15, -0.1) is 0 Å². The summed E-state index contributed by atoms with van der Waals surface area (Å²) in [5.41, 5.74) is 2.04. The molecule has 1 aliphatic carbocycles. The zero-order valence-electron chi connectivity index (χ0n) is 16.0. The number of hydrogen-bond acceptors (Lipinski definition) is 4. The molecular weight excluding hydrogens is 374 g/mol. The van der Waals surface area contributed by atoms with Crippen LogP contribution in [0.2, 0.25) is 5.02 Å². The molecule has 0 radical (unpaired) electrons. The van der Waals surface area contributed by atoms with E-state index in [4.69, 9.17) is 16.0 Å². The van der Waals surface area contributed by atoms with E-state index in [0.29, 0.717) is 45.3 Å². The van der Waals surface area contributed by atoms with Crippen LogP contribution in [0.25, 0.3) is 22.1 Å². The molecule has 1 fully saturated rings. The molecule has 0 bridgehead atoms. The number of halogens is 1. The second kappa shape index (κ2) is 7.98. The lowest BCUT2D eigenvalue weighted by atomic mass is 9.94. The summed E-state index contributed by atoms with van der Waals surface area (Å²) in [6.07, 6.45) is 7.57. The van der Waals surface area contributed by atoms with E-state index in [0.717, 1.165) is 0 Å². The van der Waals surface area contributed by atoms with Gasteiger partial charge in [0.15, 0.2) is 0 Å². The largest absolute Gasteiger partial charge is 0.507 e. The summed E-state index contributed by atoms with van der Waals surface area (Å²) in [5.74, 6) is 0.156. The van der Waals surface area contributed by atoms with Crippen LogP contribution in [-0.4, -0.2) is 23.1 Å². The first-order valence-corrected chi connectivity index (χ1v) is 10.2. The van der Waals surface area contributed by atoms with E-state index >= 15 is 0 Å². The van der Waals surface area contributed by atoms with E-state index in [1.807, 2.05) is 12.1 Å². The Morgan fingerprint density at radius 3 is 2.61 bits per heavy atom. The van der Waals surface area contributed by atoms with Crippen molar-refractivity contribution >= 4 is 22.6 Å². The molecule has 4 rings (SSSR count). The van der Waals surface area contributed by atoms with Gasteiger partial charge in [-0.3, -0.25) is 9.69 Å². The van der Waals surface area contributed by atoms with Gasteiger partial charge in [0.05, 0.1) is 16.5 Å². The lowest BCUT2D eigenvalue weighted by Gasteiger charge is -2.31. The first-order valence-electron chi connectivity index (χ1n) is 9.77. The minimum atomic E-state index is -0.143. The van der Waals surface area contributed by atoms with Crippen LogP contribution in [0.3, 0.4) is 0 Å². The molecule has 5 heteroatoms. The minimum Gasteiger partial charge on any atom is -0.507 e. The molecular formula is C23H24ClNO3. The van der Waals surface area contributed by atoms with E-state index in [1.165, 1.54) is 38.4 Å². The fourth-order valence-corrected chi connectivity index (χ4v) is 4.40. The van der Waals surface area contributed by atoms with Crippen LogP contribution in [0.15, 0.2) is 51.9 Å². The van der Waals surface area contributed by atoms with Crippen molar-refractivity contribution in [2.24, 2.45) is 0 Å². The Morgan fingerprint density at radius 1 is 1.11 bits per heavy atom. The molecule has 3 aromatic rings. The van der Waals surface area contributed by atoms with Crippen molar-refractivity contribution in [2.45, 2.75) is 44.7 Å². The number of nitrogens with zero attached hydrogens (tertiary/aromatic N) is 1. The zero-order valence-corrected chi connectivity index (χ0v) is 16.7. The Labute approximate surface area is 169 Å². The average Bonchev–Trinajstić information content (AvgIpc) is 2.71. The van der Waals surface area contributed by atoms with E-state index in [2.05, 4.69) is 11.9 Å². The molecule has 0 amide bonds. The Balaban J connectivity index is 1.76. The summed E-state index contributed by atoms with van der Waals surface area (Å²) >= 11 is 6.27. The maximum Gasteiger partial charge on any atom is 0.200 e. The number of aromatic hydroxyl groups is 1. The highest BCUT2D eigenvalue weighted by atomic mass is 35.5. The summed E-state index contributed by atoms with van der Waals surface area (Å²) in [5, 5.41) is 11.4. The summed E-state index contributed by atoms with van der Waals surface area (Å²) in [6.45, 7) is 0.544. The van der Waals surface area contributed by atoms with Crippen molar-refractivity contribution in [1.82, 2.24) is 4.90 Å². The van der Waals surface area contributed by atoms with Gasteiger partial charge in [0, 0.05) is 23.2 Å². The summed E-state index contributed by atoms with van der Waals surface area (Å²) in [4.78, 5) is 15.4. The molecule has 2 aromatic carbocycles. The van der Waals surface area contributed by atoms with Crippen LogP contribution in [0.1, 0.15) is 37.7 Å². The van der Waals surface area contributed by atoms with Crippen molar-refractivity contribution in [3.63, 3.8) is 0 Å². The van der Waals surface area contributed by atoms with E-state index in [-0.39, 0.29) is 11.2 Å². The van der Waals surface area contributed by atoms with Gasteiger partial charge < -0.3 is 9.52 Å². The number of rotatable bonds is 4. The van der Waals surface area contributed by atoms with Gasteiger partial charge in [-0.1, -0.05) is 49.1 Å². The summed E-state index contributed by atoms with van der Waals surface area (Å²) < 4.78 is 5.89. The summed E-state index contributed by atoms with van der Waals surface area (Å²) in [6, 6.07) is 10.9. The van der Waals surface area contributed by atoms with Crippen molar-refractivity contribution in [3.8, 4) is 16.9 Å². The number of phenols is 1. The van der Waals surface area contributed by atoms with Crippen LogP contribution in [0.4, 0.5) is 0 Å². The van der Waals surface area contributed by atoms with Crippen LogP contribution in [-0.2, 0) is 6.54 Å². The first-order chi connectivity index (χ1) is 13.6. The average molecular weight is 398 g/mol. The molecule has 0 spiro atoms. The van der Waals surface area contributed by atoms with Crippen LogP contribution >= 0.6 is 11.6 Å². The quantitative estimate of drug-likeness (QED) is 0.624. The SMILES string of the molecule is CN(Cc1c(O)ccc2c(=O)c(-c3ccccc3Cl)coc12)C1CCCCC1. The maximum atomic E-state index is 13.1. The highest BCUT2D eigenvalue weighted by Gasteiger charge is 2.22. The second-order valence-electron chi connectivity index (χ2n) is 7.61. The van der Waals surface area contributed by atoms with Crippen LogP contribution in [0.5, 0.6) is 5.75 Å². The third-order valence-electron chi connectivity index (χ3n) is 5.79. The number of hydrogen-bond donors (Lipinski definition) is 1. The summed E-state index contributed by atoms with van der Waals surface area (Å²) in [7, 11) is 2.07. The fraction of sp³-hybridized carbons (Fsp3) is 0.348. The molecule has 1 heterocycles. The van der Waals surface area contributed by atoms with Crippen molar-refractivity contribution in [3.05, 3.63) is 63.5 Å². The second-order valence-corrected chi connectivity index (χ2v) is 8.01. The standard InChI is InChI=1S/C23H24ClNO3/c1-25(15-7-3-2-4-8-15)13-18-21(26)12-11-17-22(27)19(14-28-23(17)18)16-9-5-6-10-20(16)24/h5-6,9-12,14-15,26H,2-4,7-8,13H2,1H3. The predicted octanol–water partition coefficient (Wildman–Crippen LogP) is 5.58. The molecule has 1 aromatic heterocycles.